The minimum absolute atomic E-state index is 0.00716. The first-order valence-corrected chi connectivity index (χ1v) is 8.94. The normalized spacial score (nSPS) is 16.9. The van der Waals surface area contributed by atoms with Gasteiger partial charge in [0.1, 0.15) is 6.04 Å². The summed E-state index contributed by atoms with van der Waals surface area (Å²) in [6, 6.07) is 1.27. The van der Waals surface area contributed by atoms with Gasteiger partial charge in [0.2, 0.25) is 5.91 Å². The molecule has 1 saturated heterocycles. The first kappa shape index (κ1) is 16.0. The summed E-state index contributed by atoms with van der Waals surface area (Å²) in [5.74, 6) is -0.202. The number of nitrogens with one attached hydrogen (secondary N) is 1. The molecule has 1 N–H and O–H groups in total. The van der Waals surface area contributed by atoms with Crippen LogP contribution in [0.15, 0.2) is 14.3 Å². The molecule has 1 aromatic rings. The molecular weight excluding hydrogens is 408 g/mol. The van der Waals surface area contributed by atoms with E-state index in [4.69, 9.17) is 0 Å². The zero-order valence-electron chi connectivity index (χ0n) is 11.1. The Labute approximate surface area is 139 Å². The monoisotopic (exact) mass is 422 g/mol. The topological polar surface area (TPSA) is 49.4 Å². The van der Waals surface area contributed by atoms with E-state index in [2.05, 4.69) is 37.2 Å². The number of hydrogen-bond donors (Lipinski definition) is 1. The van der Waals surface area contributed by atoms with Crippen LogP contribution in [0, 0.1) is 0 Å². The number of carbonyl (C=O) groups excluding carboxylic acids is 2. The van der Waals surface area contributed by atoms with Gasteiger partial charge in [0.05, 0.1) is 8.66 Å². The van der Waals surface area contributed by atoms with Crippen molar-refractivity contribution < 1.29 is 9.59 Å². The summed E-state index contributed by atoms with van der Waals surface area (Å²) in [5, 5.41) is 2.77. The number of amides is 2. The minimum Gasteiger partial charge on any atom is -0.341 e. The van der Waals surface area contributed by atoms with E-state index in [9.17, 15) is 9.59 Å². The molecule has 2 amide bonds. The summed E-state index contributed by atoms with van der Waals surface area (Å²) < 4.78 is 1.72. The lowest BCUT2D eigenvalue weighted by atomic mass is 10.1. The van der Waals surface area contributed by atoms with Crippen molar-refractivity contribution >= 4 is 55.0 Å². The molecule has 1 aliphatic heterocycles. The van der Waals surface area contributed by atoms with E-state index in [1.807, 2.05) is 4.90 Å². The third-order valence-corrected chi connectivity index (χ3v) is 6.51. The molecule has 1 atom stereocenters. The molecular formula is C13H16Br2N2O2S. The van der Waals surface area contributed by atoms with Crippen molar-refractivity contribution in [2.45, 2.75) is 32.2 Å². The van der Waals surface area contributed by atoms with Crippen molar-refractivity contribution in [1.82, 2.24) is 10.2 Å². The second kappa shape index (κ2) is 7.04. The number of hydrogen-bond acceptors (Lipinski definition) is 3. The number of likely N-dealkylation sites (tertiary alicyclic amines) is 1. The Hall–Kier alpha value is -0.400. The Kier molecular flexibility index (Phi) is 5.63. The Bertz CT molecular complexity index is 493. The van der Waals surface area contributed by atoms with E-state index in [1.54, 1.807) is 13.0 Å². The summed E-state index contributed by atoms with van der Waals surface area (Å²) in [7, 11) is 0. The van der Waals surface area contributed by atoms with Crippen LogP contribution < -0.4 is 5.32 Å². The molecule has 0 aromatic carbocycles. The molecule has 1 fully saturated rings. The van der Waals surface area contributed by atoms with E-state index in [1.165, 1.54) is 17.8 Å². The highest BCUT2D eigenvalue weighted by Crippen LogP contribution is 2.32. The lowest BCUT2D eigenvalue weighted by Gasteiger charge is -2.29. The second-order valence-electron chi connectivity index (χ2n) is 4.81. The molecule has 0 radical (unpaired) electrons. The quantitative estimate of drug-likeness (QED) is 0.809. The van der Waals surface area contributed by atoms with Crippen LogP contribution in [0.5, 0.6) is 0 Å². The van der Waals surface area contributed by atoms with Crippen LogP contribution in [-0.2, 0) is 4.79 Å². The van der Waals surface area contributed by atoms with E-state index < -0.39 is 6.04 Å². The van der Waals surface area contributed by atoms with Gasteiger partial charge in [0.15, 0.2) is 0 Å². The van der Waals surface area contributed by atoms with Crippen LogP contribution in [0.1, 0.15) is 35.9 Å². The van der Waals surface area contributed by atoms with Gasteiger partial charge >= 0.3 is 0 Å². The molecule has 1 aromatic heterocycles. The van der Waals surface area contributed by atoms with Gasteiger partial charge < -0.3 is 10.2 Å². The first-order chi connectivity index (χ1) is 9.49. The van der Waals surface area contributed by atoms with Crippen molar-refractivity contribution in [2.24, 2.45) is 0 Å². The fourth-order valence-corrected chi connectivity index (χ4v) is 4.11. The van der Waals surface area contributed by atoms with Gasteiger partial charge in [-0.25, -0.2) is 0 Å². The third kappa shape index (κ3) is 3.83. The highest BCUT2D eigenvalue weighted by molar-refractivity contribution is 9.13. The second-order valence-corrected chi connectivity index (χ2v) is 8.04. The largest absolute Gasteiger partial charge is 0.341 e. The van der Waals surface area contributed by atoms with Crippen molar-refractivity contribution in [3.63, 3.8) is 0 Å². The maximum Gasteiger partial charge on any atom is 0.262 e. The van der Waals surface area contributed by atoms with Crippen LogP contribution >= 0.6 is 43.2 Å². The number of halogens is 2. The molecule has 2 rings (SSSR count). The Balaban J connectivity index is 1.94. The highest BCUT2D eigenvalue weighted by Gasteiger charge is 2.24. The summed E-state index contributed by atoms with van der Waals surface area (Å²) in [5.41, 5.74) is 0. The van der Waals surface area contributed by atoms with Gasteiger partial charge in [-0.15, -0.1) is 11.3 Å². The predicted molar refractivity (Wildman–Crippen MR) is 87.1 cm³/mol. The molecule has 4 nitrogen and oxygen atoms in total. The number of carbonyl (C=O) groups is 2. The maximum absolute atomic E-state index is 12.2. The van der Waals surface area contributed by atoms with Gasteiger partial charge in [-0.05, 0) is 64.1 Å². The average molecular weight is 424 g/mol. The van der Waals surface area contributed by atoms with Crippen molar-refractivity contribution in [3.05, 3.63) is 19.2 Å². The van der Waals surface area contributed by atoms with Gasteiger partial charge in [-0.2, -0.15) is 0 Å². The number of nitrogens with zero attached hydrogens (tertiary/aromatic N) is 1. The third-order valence-electron chi connectivity index (χ3n) is 3.25. The predicted octanol–water partition coefficient (Wildman–Crippen LogP) is 3.40. The lowest BCUT2D eigenvalue weighted by molar-refractivity contribution is -0.133. The van der Waals surface area contributed by atoms with Crippen LogP contribution in [-0.4, -0.2) is 35.8 Å². The van der Waals surface area contributed by atoms with Gasteiger partial charge in [0.25, 0.3) is 5.91 Å². The van der Waals surface area contributed by atoms with Gasteiger partial charge in [-0.1, -0.05) is 0 Å². The highest BCUT2D eigenvalue weighted by atomic mass is 79.9. The smallest absolute Gasteiger partial charge is 0.262 e. The molecule has 1 aliphatic rings. The first-order valence-electron chi connectivity index (χ1n) is 6.53. The van der Waals surface area contributed by atoms with E-state index >= 15 is 0 Å². The number of rotatable bonds is 3. The fourth-order valence-electron chi connectivity index (χ4n) is 2.18. The van der Waals surface area contributed by atoms with Crippen molar-refractivity contribution in [1.29, 1.82) is 0 Å². The van der Waals surface area contributed by atoms with Gasteiger partial charge in [0, 0.05) is 17.6 Å². The van der Waals surface area contributed by atoms with Gasteiger partial charge in [-0.3, -0.25) is 9.59 Å². The molecule has 20 heavy (non-hydrogen) atoms. The zero-order chi connectivity index (χ0) is 14.7. The molecule has 0 bridgehead atoms. The Morgan fingerprint density at radius 3 is 2.50 bits per heavy atom. The molecule has 1 unspecified atom stereocenters. The summed E-state index contributed by atoms with van der Waals surface area (Å²) in [6.45, 7) is 3.34. The minimum atomic E-state index is -0.486. The molecule has 0 spiro atoms. The zero-order valence-corrected chi connectivity index (χ0v) is 15.1. The molecule has 0 aliphatic carbocycles. The number of thiophene rings is 1. The summed E-state index contributed by atoms with van der Waals surface area (Å²) >= 11 is 8.05. The molecule has 0 saturated carbocycles. The van der Waals surface area contributed by atoms with E-state index in [0.29, 0.717) is 4.88 Å². The number of piperidine rings is 1. The van der Waals surface area contributed by atoms with E-state index in [0.717, 1.165) is 34.2 Å². The maximum atomic E-state index is 12.2. The molecule has 2 heterocycles. The lowest BCUT2D eigenvalue weighted by Crippen LogP contribution is -2.48. The molecule has 7 heteroatoms. The fraction of sp³-hybridized carbons (Fsp3) is 0.538. The van der Waals surface area contributed by atoms with Crippen LogP contribution in [0.2, 0.25) is 0 Å². The standard InChI is InChI=1S/C13H16Br2N2O2S/c1-8(13(19)17-5-3-2-4-6-17)16-12(18)10-7-9(14)11(15)20-10/h7-8H,2-6H2,1H3,(H,16,18). The van der Waals surface area contributed by atoms with Crippen LogP contribution in [0.3, 0.4) is 0 Å². The summed E-state index contributed by atoms with van der Waals surface area (Å²) in [6.07, 6.45) is 3.29. The molecule has 110 valence electrons. The SMILES string of the molecule is CC(NC(=O)c1cc(Br)c(Br)s1)C(=O)N1CCCCC1. The Morgan fingerprint density at radius 1 is 1.30 bits per heavy atom. The summed E-state index contributed by atoms with van der Waals surface area (Å²) in [4.78, 5) is 26.8. The van der Waals surface area contributed by atoms with Crippen molar-refractivity contribution in [2.75, 3.05) is 13.1 Å². The van der Waals surface area contributed by atoms with Crippen molar-refractivity contribution in [3.8, 4) is 0 Å². The van der Waals surface area contributed by atoms with E-state index in [-0.39, 0.29) is 11.8 Å². The van der Waals surface area contributed by atoms with Crippen LogP contribution in [0.25, 0.3) is 0 Å². The van der Waals surface area contributed by atoms with Crippen LogP contribution in [0.4, 0.5) is 0 Å². The average Bonchev–Trinajstić information content (AvgIpc) is 2.79. The Morgan fingerprint density at radius 2 is 1.95 bits per heavy atom.